The van der Waals surface area contributed by atoms with Crippen molar-refractivity contribution in [3.8, 4) is 0 Å². The molecule has 0 bridgehead atoms. The fraction of sp³-hybridized carbons (Fsp3) is 0.300. The maximum atomic E-state index is 10.4. The number of hydrogen-bond acceptors (Lipinski definition) is 3. The van der Waals surface area contributed by atoms with E-state index in [9.17, 15) is 4.79 Å². The summed E-state index contributed by atoms with van der Waals surface area (Å²) in [5.74, 6) is -0.282. The minimum Gasteiger partial charge on any atom is -0.480 e. The third-order valence-corrected chi connectivity index (χ3v) is 3.07. The zero-order valence-electron chi connectivity index (χ0n) is 8.02. The van der Waals surface area contributed by atoms with Crippen molar-refractivity contribution in [2.45, 2.75) is 17.4 Å². The molecule has 82 valence electrons. The normalized spacial score (nSPS) is 12.4. The largest absolute Gasteiger partial charge is 0.480 e. The molecule has 15 heavy (non-hydrogen) atoms. The van der Waals surface area contributed by atoms with Crippen molar-refractivity contribution in [2.75, 3.05) is 5.75 Å². The van der Waals surface area contributed by atoms with Crippen molar-refractivity contribution >= 4 is 29.3 Å². The van der Waals surface area contributed by atoms with Crippen LogP contribution in [0.15, 0.2) is 29.2 Å². The minimum absolute atomic E-state index is 0.451. The molecule has 0 aliphatic carbocycles. The summed E-state index contributed by atoms with van der Waals surface area (Å²) in [6.07, 6.45) is 0.451. The van der Waals surface area contributed by atoms with Crippen molar-refractivity contribution in [1.29, 1.82) is 0 Å². The molecule has 0 heterocycles. The van der Waals surface area contributed by atoms with Crippen LogP contribution >= 0.6 is 23.4 Å². The highest BCUT2D eigenvalue weighted by Gasteiger charge is 2.10. The Bertz CT molecular complexity index is 346. The summed E-state index contributed by atoms with van der Waals surface area (Å²) < 4.78 is 0. The molecular weight excluding hydrogens is 234 g/mol. The SMILES string of the molecule is NC(CCSc1cccc(Cl)c1)C(=O)O. The lowest BCUT2D eigenvalue weighted by molar-refractivity contribution is -0.138. The number of hydrogen-bond donors (Lipinski definition) is 2. The lowest BCUT2D eigenvalue weighted by Gasteiger charge is -2.05. The van der Waals surface area contributed by atoms with E-state index in [1.54, 1.807) is 17.8 Å². The number of aliphatic carboxylic acids is 1. The van der Waals surface area contributed by atoms with Crippen LogP contribution < -0.4 is 5.73 Å². The molecule has 1 rings (SSSR count). The van der Waals surface area contributed by atoms with Gasteiger partial charge in [-0.3, -0.25) is 4.79 Å². The first-order valence-electron chi connectivity index (χ1n) is 4.46. The van der Waals surface area contributed by atoms with Gasteiger partial charge in [-0.2, -0.15) is 0 Å². The molecule has 1 aromatic carbocycles. The number of halogens is 1. The predicted molar refractivity (Wildman–Crippen MR) is 62.4 cm³/mol. The Hall–Kier alpha value is -0.710. The third-order valence-electron chi connectivity index (χ3n) is 1.81. The van der Waals surface area contributed by atoms with Gasteiger partial charge in [-0.15, -0.1) is 11.8 Å². The van der Waals surface area contributed by atoms with Gasteiger partial charge in [0.25, 0.3) is 0 Å². The van der Waals surface area contributed by atoms with E-state index in [0.717, 1.165) is 4.90 Å². The molecule has 0 fully saturated rings. The average molecular weight is 246 g/mol. The number of rotatable bonds is 5. The molecule has 5 heteroatoms. The summed E-state index contributed by atoms with van der Waals surface area (Å²) in [6, 6.07) is 6.66. The summed E-state index contributed by atoms with van der Waals surface area (Å²) in [5, 5.41) is 9.25. The second kappa shape index (κ2) is 6.00. The van der Waals surface area contributed by atoms with E-state index in [-0.39, 0.29) is 0 Å². The Labute approximate surface area is 97.6 Å². The highest BCUT2D eigenvalue weighted by atomic mass is 35.5. The first-order valence-corrected chi connectivity index (χ1v) is 5.82. The molecule has 1 unspecified atom stereocenters. The predicted octanol–water partition coefficient (Wildman–Crippen LogP) is 2.23. The van der Waals surface area contributed by atoms with E-state index < -0.39 is 12.0 Å². The molecule has 3 nitrogen and oxygen atoms in total. The van der Waals surface area contributed by atoms with Crippen molar-refractivity contribution in [3.63, 3.8) is 0 Å². The van der Waals surface area contributed by atoms with Crippen LogP contribution in [0.3, 0.4) is 0 Å². The summed E-state index contributed by atoms with van der Waals surface area (Å²) in [5.41, 5.74) is 5.37. The smallest absolute Gasteiger partial charge is 0.320 e. The second-order valence-electron chi connectivity index (χ2n) is 3.04. The Morgan fingerprint density at radius 2 is 2.33 bits per heavy atom. The van der Waals surface area contributed by atoms with Crippen LogP contribution in [0.4, 0.5) is 0 Å². The van der Waals surface area contributed by atoms with Gasteiger partial charge in [-0.05, 0) is 24.6 Å². The minimum atomic E-state index is -0.957. The molecule has 0 radical (unpaired) electrons. The summed E-state index contributed by atoms with van der Waals surface area (Å²) in [4.78, 5) is 11.5. The average Bonchev–Trinajstić information content (AvgIpc) is 2.17. The second-order valence-corrected chi connectivity index (χ2v) is 4.64. The molecule has 0 spiro atoms. The first-order chi connectivity index (χ1) is 7.09. The Balaban J connectivity index is 2.35. The van der Waals surface area contributed by atoms with Gasteiger partial charge in [0.2, 0.25) is 0 Å². The van der Waals surface area contributed by atoms with E-state index in [4.69, 9.17) is 22.4 Å². The van der Waals surface area contributed by atoms with Gasteiger partial charge in [0.15, 0.2) is 0 Å². The highest BCUT2D eigenvalue weighted by Crippen LogP contribution is 2.22. The molecule has 0 saturated heterocycles. The number of carboxylic acids is 1. The van der Waals surface area contributed by atoms with Gasteiger partial charge < -0.3 is 10.8 Å². The lowest BCUT2D eigenvalue weighted by Crippen LogP contribution is -2.30. The number of thioether (sulfide) groups is 1. The molecule has 0 saturated carbocycles. The molecule has 3 N–H and O–H groups in total. The molecule has 1 atom stereocenters. The van der Waals surface area contributed by atoms with Gasteiger partial charge in [0.05, 0.1) is 0 Å². The maximum absolute atomic E-state index is 10.4. The molecule has 0 aromatic heterocycles. The maximum Gasteiger partial charge on any atom is 0.320 e. The molecule has 0 aliphatic heterocycles. The van der Waals surface area contributed by atoms with Crippen molar-refractivity contribution < 1.29 is 9.90 Å². The summed E-state index contributed by atoms with van der Waals surface area (Å²) in [7, 11) is 0. The van der Waals surface area contributed by atoms with E-state index >= 15 is 0 Å². The molecular formula is C10H12ClNO2S. The third kappa shape index (κ3) is 4.55. The topological polar surface area (TPSA) is 63.3 Å². The quantitative estimate of drug-likeness (QED) is 0.781. The fourth-order valence-electron chi connectivity index (χ4n) is 0.984. The van der Waals surface area contributed by atoms with Crippen LogP contribution in [0.1, 0.15) is 6.42 Å². The first kappa shape index (κ1) is 12.4. The standard InChI is InChI=1S/C10H12ClNO2S/c11-7-2-1-3-8(6-7)15-5-4-9(12)10(13)14/h1-3,6,9H,4-5,12H2,(H,13,14). The van der Waals surface area contributed by atoms with Gasteiger partial charge in [-0.1, -0.05) is 17.7 Å². The number of benzene rings is 1. The van der Waals surface area contributed by atoms with Gasteiger partial charge in [0.1, 0.15) is 6.04 Å². The zero-order valence-corrected chi connectivity index (χ0v) is 9.59. The van der Waals surface area contributed by atoms with Crippen LogP contribution in [0.25, 0.3) is 0 Å². The summed E-state index contributed by atoms with van der Waals surface area (Å²) >= 11 is 7.36. The van der Waals surface area contributed by atoms with Crippen LogP contribution in [0.2, 0.25) is 5.02 Å². The van der Waals surface area contributed by atoms with Gasteiger partial charge >= 0.3 is 5.97 Å². The van der Waals surface area contributed by atoms with Gasteiger partial charge in [-0.25, -0.2) is 0 Å². The fourth-order valence-corrected chi connectivity index (χ4v) is 2.23. The van der Waals surface area contributed by atoms with Crippen molar-refractivity contribution in [3.05, 3.63) is 29.3 Å². The monoisotopic (exact) mass is 245 g/mol. The van der Waals surface area contributed by atoms with Crippen LogP contribution in [0.5, 0.6) is 0 Å². The van der Waals surface area contributed by atoms with Gasteiger partial charge in [0, 0.05) is 15.7 Å². The van der Waals surface area contributed by atoms with E-state index in [0.29, 0.717) is 17.2 Å². The van der Waals surface area contributed by atoms with E-state index in [2.05, 4.69) is 0 Å². The van der Waals surface area contributed by atoms with E-state index in [1.807, 2.05) is 18.2 Å². The zero-order chi connectivity index (χ0) is 11.3. The van der Waals surface area contributed by atoms with Crippen molar-refractivity contribution in [2.24, 2.45) is 5.73 Å². The van der Waals surface area contributed by atoms with Crippen LogP contribution in [-0.4, -0.2) is 22.9 Å². The summed E-state index contributed by atoms with van der Waals surface area (Å²) in [6.45, 7) is 0. The van der Waals surface area contributed by atoms with Crippen LogP contribution in [0, 0.1) is 0 Å². The Morgan fingerprint density at radius 3 is 2.93 bits per heavy atom. The Kier molecular flexibility index (Phi) is 4.94. The Morgan fingerprint density at radius 1 is 1.60 bits per heavy atom. The molecule has 0 aliphatic rings. The van der Waals surface area contributed by atoms with Crippen molar-refractivity contribution in [1.82, 2.24) is 0 Å². The molecule has 0 amide bonds. The number of carboxylic acid groups (broad SMARTS) is 1. The van der Waals surface area contributed by atoms with E-state index in [1.165, 1.54) is 0 Å². The lowest BCUT2D eigenvalue weighted by atomic mass is 10.2. The highest BCUT2D eigenvalue weighted by molar-refractivity contribution is 7.99. The number of carbonyl (C=O) groups is 1. The van der Waals surface area contributed by atoms with Crippen LogP contribution in [-0.2, 0) is 4.79 Å². The molecule has 1 aromatic rings. The number of nitrogens with two attached hydrogens (primary N) is 1.